The number of hydrogen-bond donors (Lipinski definition) is 1. The lowest BCUT2D eigenvalue weighted by molar-refractivity contribution is -0.113. The van der Waals surface area contributed by atoms with Crippen LogP contribution in [-0.2, 0) is 11.4 Å². The smallest absolute Gasteiger partial charge is 0.277 e. The van der Waals surface area contributed by atoms with Crippen LogP contribution in [0.15, 0.2) is 58.2 Å². The molecule has 0 bridgehead atoms. The van der Waals surface area contributed by atoms with Crippen LogP contribution >= 0.6 is 23.4 Å². The molecule has 0 fully saturated rings. The molecule has 140 valence electrons. The zero-order valence-electron chi connectivity index (χ0n) is 14.3. The number of benzene rings is 2. The van der Waals surface area contributed by atoms with Crippen LogP contribution in [0.5, 0.6) is 11.5 Å². The Hall–Kier alpha value is -2.71. The molecule has 7 nitrogen and oxygen atoms in total. The Morgan fingerprint density at radius 3 is 2.70 bits per heavy atom. The fourth-order valence-corrected chi connectivity index (χ4v) is 2.83. The van der Waals surface area contributed by atoms with Crippen molar-refractivity contribution in [3.8, 4) is 11.5 Å². The monoisotopic (exact) mass is 405 g/mol. The molecule has 0 saturated carbocycles. The second-order valence-electron chi connectivity index (χ2n) is 5.25. The van der Waals surface area contributed by atoms with Crippen LogP contribution in [0.3, 0.4) is 0 Å². The SMILES string of the molecule is COc1ccc(NC(=O)CSc2nnc(COc3ccccc3Cl)o2)cc1. The maximum atomic E-state index is 12.0. The molecule has 0 saturated heterocycles. The molecule has 27 heavy (non-hydrogen) atoms. The van der Waals surface area contributed by atoms with E-state index in [0.29, 0.717) is 22.4 Å². The molecular weight excluding hydrogens is 390 g/mol. The maximum absolute atomic E-state index is 12.0. The topological polar surface area (TPSA) is 86.5 Å². The van der Waals surface area contributed by atoms with Gasteiger partial charge in [0.2, 0.25) is 5.91 Å². The van der Waals surface area contributed by atoms with E-state index < -0.39 is 0 Å². The van der Waals surface area contributed by atoms with E-state index in [1.807, 2.05) is 12.1 Å². The fourth-order valence-electron chi connectivity index (χ4n) is 2.05. The highest BCUT2D eigenvalue weighted by Gasteiger charge is 2.11. The van der Waals surface area contributed by atoms with E-state index >= 15 is 0 Å². The van der Waals surface area contributed by atoms with E-state index in [2.05, 4.69) is 15.5 Å². The molecule has 0 spiro atoms. The Balaban J connectivity index is 1.46. The lowest BCUT2D eigenvalue weighted by Gasteiger charge is -2.05. The molecule has 3 aromatic rings. The molecule has 1 heterocycles. The van der Waals surface area contributed by atoms with Crippen LogP contribution in [0.2, 0.25) is 5.02 Å². The molecule has 0 atom stereocenters. The summed E-state index contributed by atoms with van der Waals surface area (Å²) in [6.07, 6.45) is 0. The van der Waals surface area contributed by atoms with Crippen molar-refractivity contribution in [1.82, 2.24) is 10.2 Å². The first-order valence-electron chi connectivity index (χ1n) is 7.90. The van der Waals surface area contributed by atoms with Crippen molar-refractivity contribution in [2.45, 2.75) is 11.8 Å². The normalized spacial score (nSPS) is 10.4. The number of nitrogens with one attached hydrogen (secondary N) is 1. The number of ether oxygens (including phenoxy) is 2. The molecule has 1 amide bonds. The summed E-state index contributed by atoms with van der Waals surface area (Å²) in [4.78, 5) is 12.0. The average Bonchev–Trinajstić information content (AvgIpc) is 3.14. The van der Waals surface area contributed by atoms with Gasteiger partial charge in [0.25, 0.3) is 11.1 Å². The number of methoxy groups -OCH3 is 1. The van der Waals surface area contributed by atoms with Gasteiger partial charge < -0.3 is 19.2 Å². The van der Waals surface area contributed by atoms with Gasteiger partial charge in [-0.25, -0.2) is 0 Å². The number of hydrogen-bond acceptors (Lipinski definition) is 7. The predicted molar refractivity (Wildman–Crippen MR) is 102 cm³/mol. The highest BCUT2D eigenvalue weighted by molar-refractivity contribution is 7.99. The third-order valence-corrected chi connectivity index (χ3v) is 4.47. The summed E-state index contributed by atoms with van der Waals surface area (Å²) in [5.41, 5.74) is 0.681. The van der Waals surface area contributed by atoms with Crippen LogP contribution in [0.4, 0.5) is 5.69 Å². The van der Waals surface area contributed by atoms with Crippen molar-refractivity contribution in [2.24, 2.45) is 0 Å². The number of anilines is 1. The van der Waals surface area contributed by atoms with Gasteiger partial charge in [0, 0.05) is 5.69 Å². The quantitative estimate of drug-likeness (QED) is 0.566. The summed E-state index contributed by atoms with van der Waals surface area (Å²) in [7, 11) is 1.59. The summed E-state index contributed by atoms with van der Waals surface area (Å²) in [5.74, 6) is 1.51. The first-order chi connectivity index (χ1) is 13.1. The summed E-state index contributed by atoms with van der Waals surface area (Å²) in [6, 6.07) is 14.2. The molecule has 0 aliphatic heterocycles. The number of thioether (sulfide) groups is 1. The van der Waals surface area contributed by atoms with Crippen molar-refractivity contribution in [3.05, 3.63) is 59.4 Å². The molecule has 9 heteroatoms. The van der Waals surface area contributed by atoms with Crippen molar-refractivity contribution in [1.29, 1.82) is 0 Å². The fraction of sp³-hybridized carbons (Fsp3) is 0.167. The minimum atomic E-state index is -0.183. The summed E-state index contributed by atoms with van der Waals surface area (Å²) in [5, 5.41) is 11.3. The number of para-hydroxylation sites is 1. The third kappa shape index (κ3) is 5.63. The predicted octanol–water partition coefficient (Wildman–Crippen LogP) is 4.04. The van der Waals surface area contributed by atoms with Crippen LogP contribution in [-0.4, -0.2) is 29.0 Å². The highest BCUT2D eigenvalue weighted by Crippen LogP contribution is 2.24. The van der Waals surface area contributed by atoms with Gasteiger partial charge in [-0.05, 0) is 36.4 Å². The number of rotatable bonds is 8. The Labute approximate surface area is 165 Å². The van der Waals surface area contributed by atoms with E-state index in [9.17, 15) is 4.79 Å². The lowest BCUT2D eigenvalue weighted by Crippen LogP contribution is -2.13. The molecule has 0 aliphatic carbocycles. The Kier molecular flexibility index (Phi) is 6.56. The summed E-state index contributed by atoms with van der Waals surface area (Å²) in [6.45, 7) is 0.0926. The second-order valence-corrected chi connectivity index (χ2v) is 6.58. The van der Waals surface area contributed by atoms with Gasteiger partial charge >= 0.3 is 0 Å². The van der Waals surface area contributed by atoms with Gasteiger partial charge in [-0.3, -0.25) is 4.79 Å². The number of carbonyl (C=O) groups excluding carboxylic acids is 1. The number of halogens is 1. The Morgan fingerprint density at radius 2 is 1.96 bits per heavy atom. The van der Waals surface area contributed by atoms with Crippen LogP contribution in [0.25, 0.3) is 0 Å². The van der Waals surface area contributed by atoms with Gasteiger partial charge in [-0.2, -0.15) is 0 Å². The second kappa shape index (κ2) is 9.29. The van der Waals surface area contributed by atoms with Crippen molar-refractivity contribution >= 4 is 35.0 Å². The van der Waals surface area contributed by atoms with Crippen molar-refractivity contribution < 1.29 is 18.7 Å². The van der Waals surface area contributed by atoms with Crippen molar-refractivity contribution in [2.75, 3.05) is 18.2 Å². The zero-order valence-corrected chi connectivity index (χ0v) is 15.9. The lowest BCUT2D eigenvalue weighted by atomic mass is 10.3. The van der Waals surface area contributed by atoms with E-state index in [0.717, 1.165) is 17.5 Å². The number of carbonyl (C=O) groups is 1. The van der Waals surface area contributed by atoms with Gasteiger partial charge in [-0.15, -0.1) is 10.2 Å². The van der Waals surface area contributed by atoms with Crippen molar-refractivity contribution in [3.63, 3.8) is 0 Å². The zero-order chi connectivity index (χ0) is 19.1. The Morgan fingerprint density at radius 1 is 1.19 bits per heavy atom. The minimum Gasteiger partial charge on any atom is -0.497 e. The average molecular weight is 406 g/mol. The molecular formula is C18H16ClN3O4S. The van der Waals surface area contributed by atoms with E-state index in [4.69, 9.17) is 25.5 Å². The molecule has 0 unspecified atom stereocenters. The van der Waals surface area contributed by atoms with Gasteiger partial charge in [0.15, 0.2) is 6.61 Å². The number of amides is 1. The molecule has 1 aromatic heterocycles. The molecule has 2 aromatic carbocycles. The van der Waals surface area contributed by atoms with E-state index in [-0.39, 0.29) is 23.5 Å². The molecule has 0 radical (unpaired) electrons. The third-order valence-electron chi connectivity index (χ3n) is 3.34. The van der Waals surface area contributed by atoms with Gasteiger partial charge in [0.1, 0.15) is 11.5 Å². The van der Waals surface area contributed by atoms with Crippen LogP contribution < -0.4 is 14.8 Å². The molecule has 0 aliphatic rings. The largest absolute Gasteiger partial charge is 0.497 e. The summed E-state index contributed by atoms with van der Waals surface area (Å²) >= 11 is 7.16. The molecule has 1 N–H and O–H groups in total. The van der Waals surface area contributed by atoms with Gasteiger partial charge in [0.05, 0.1) is 17.9 Å². The summed E-state index contributed by atoms with van der Waals surface area (Å²) < 4.78 is 16.1. The minimum absolute atomic E-state index is 0.0926. The van der Waals surface area contributed by atoms with E-state index in [1.165, 1.54) is 0 Å². The number of aromatic nitrogens is 2. The molecule has 3 rings (SSSR count). The first kappa shape index (κ1) is 19.1. The first-order valence-corrected chi connectivity index (χ1v) is 9.27. The van der Waals surface area contributed by atoms with Crippen LogP contribution in [0.1, 0.15) is 5.89 Å². The highest BCUT2D eigenvalue weighted by atomic mass is 35.5. The maximum Gasteiger partial charge on any atom is 0.277 e. The van der Waals surface area contributed by atoms with E-state index in [1.54, 1.807) is 43.5 Å². The Bertz CT molecular complexity index is 902. The van der Waals surface area contributed by atoms with Gasteiger partial charge in [-0.1, -0.05) is 35.5 Å². The number of nitrogens with zero attached hydrogens (tertiary/aromatic N) is 2. The van der Waals surface area contributed by atoms with Crippen LogP contribution in [0, 0.1) is 0 Å². The standard InChI is InChI=1S/C18H16ClN3O4S/c1-24-13-8-6-12(7-9-13)20-16(23)11-27-18-22-21-17(26-18)10-25-15-5-3-2-4-14(15)19/h2-9H,10-11H2,1H3,(H,20,23).